The highest BCUT2D eigenvalue weighted by Crippen LogP contribution is 2.26. The molecule has 1 rings (SSSR count). The molecule has 0 saturated heterocycles. The van der Waals surface area contributed by atoms with E-state index >= 15 is 0 Å². The Kier molecular flexibility index (Phi) is 2.64. The van der Waals surface area contributed by atoms with Crippen molar-refractivity contribution in [2.24, 2.45) is 5.92 Å². The molecule has 0 amide bonds. The van der Waals surface area contributed by atoms with E-state index in [4.69, 9.17) is 0 Å². The fraction of sp³-hybridized carbons (Fsp3) is 0.500. The maximum Gasteiger partial charge on any atom is 0.145 e. The average molecular weight is 150 g/mol. The molecule has 1 heteroatoms. The van der Waals surface area contributed by atoms with Gasteiger partial charge in [0.2, 0.25) is 0 Å². The lowest BCUT2D eigenvalue weighted by molar-refractivity contribution is -0.105. The third-order valence-electron chi connectivity index (χ3n) is 2.31. The van der Waals surface area contributed by atoms with E-state index in [0.29, 0.717) is 5.92 Å². The topological polar surface area (TPSA) is 17.1 Å². The fourth-order valence-electron chi connectivity index (χ4n) is 1.40. The molecule has 0 aliphatic heterocycles. The molecule has 0 aromatic carbocycles. The first kappa shape index (κ1) is 8.25. The van der Waals surface area contributed by atoms with Crippen LogP contribution < -0.4 is 0 Å². The second-order valence-electron chi connectivity index (χ2n) is 3.21. The van der Waals surface area contributed by atoms with Crippen LogP contribution in [0.1, 0.15) is 26.2 Å². The van der Waals surface area contributed by atoms with E-state index in [9.17, 15) is 4.79 Å². The Hall–Kier alpha value is -0.850. The maximum absolute atomic E-state index is 10.4. The molecule has 0 saturated carbocycles. The number of rotatable bonds is 2. The van der Waals surface area contributed by atoms with Gasteiger partial charge < -0.3 is 0 Å². The molecule has 0 radical (unpaired) electrons. The molecule has 0 aromatic rings. The average Bonchev–Trinajstić information content (AvgIpc) is 2.05. The molecule has 0 bridgehead atoms. The van der Waals surface area contributed by atoms with E-state index in [2.05, 4.69) is 19.6 Å². The summed E-state index contributed by atoms with van der Waals surface area (Å²) in [6.07, 6.45) is 6.32. The third kappa shape index (κ3) is 2.04. The number of hydrogen-bond acceptors (Lipinski definition) is 1. The largest absolute Gasteiger partial charge is 0.298 e. The molecular formula is C10H14O. The summed E-state index contributed by atoms with van der Waals surface area (Å²) < 4.78 is 0. The second kappa shape index (κ2) is 3.51. The van der Waals surface area contributed by atoms with Gasteiger partial charge in [-0.1, -0.05) is 18.2 Å². The minimum absolute atomic E-state index is 0.413. The smallest absolute Gasteiger partial charge is 0.145 e. The van der Waals surface area contributed by atoms with Crippen molar-refractivity contribution in [2.75, 3.05) is 0 Å². The third-order valence-corrected chi connectivity index (χ3v) is 2.31. The first-order chi connectivity index (χ1) is 5.24. The van der Waals surface area contributed by atoms with Crippen molar-refractivity contribution < 1.29 is 4.79 Å². The summed E-state index contributed by atoms with van der Waals surface area (Å²) in [4.78, 5) is 10.4. The van der Waals surface area contributed by atoms with Gasteiger partial charge in [0.25, 0.3) is 0 Å². The number of carbonyl (C=O) groups is 1. The lowest BCUT2D eigenvalue weighted by Gasteiger charge is -2.19. The molecule has 1 nitrogen and oxygen atoms in total. The number of aldehydes is 1. The maximum atomic E-state index is 10.4. The summed E-state index contributed by atoms with van der Waals surface area (Å²) in [6, 6.07) is 0. The van der Waals surface area contributed by atoms with Crippen LogP contribution in [0.3, 0.4) is 0 Å². The van der Waals surface area contributed by atoms with Gasteiger partial charge in [-0.15, -0.1) is 0 Å². The van der Waals surface area contributed by atoms with Crippen LogP contribution in [-0.4, -0.2) is 6.29 Å². The van der Waals surface area contributed by atoms with Crippen LogP contribution in [-0.2, 0) is 4.79 Å². The zero-order valence-corrected chi connectivity index (χ0v) is 6.97. The second-order valence-corrected chi connectivity index (χ2v) is 3.21. The van der Waals surface area contributed by atoms with Crippen LogP contribution in [0.15, 0.2) is 23.8 Å². The van der Waals surface area contributed by atoms with E-state index in [1.165, 1.54) is 5.57 Å². The monoisotopic (exact) mass is 150 g/mol. The fourth-order valence-corrected chi connectivity index (χ4v) is 1.40. The van der Waals surface area contributed by atoms with Crippen molar-refractivity contribution in [1.82, 2.24) is 0 Å². The summed E-state index contributed by atoms with van der Waals surface area (Å²) >= 11 is 0. The van der Waals surface area contributed by atoms with E-state index in [0.717, 1.165) is 31.1 Å². The minimum Gasteiger partial charge on any atom is -0.298 e. The van der Waals surface area contributed by atoms with Gasteiger partial charge in [-0.2, -0.15) is 0 Å². The molecule has 0 spiro atoms. The molecule has 0 N–H and O–H groups in total. The minimum atomic E-state index is 0.413. The SMILES string of the molecule is C=C(C=O)[C@@H]1CC=C(C)CC1. The molecular weight excluding hydrogens is 136 g/mol. The highest BCUT2D eigenvalue weighted by Gasteiger charge is 2.14. The molecule has 0 unspecified atom stereocenters. The zero-order chi connectivity index (χ0) is 8.27. The van der Waals surface area contributed by atoms with E-state index in [-0.39, 0.29) is 0 Å². The lowest BCUT2D eigenvalue weighted by atomic mass is 9.86. The van der Waals surface area contributed by atoms with E-state index < -0.39 is 0 Å². The van der Waals surface area contributed by atoms with Gasteiger partial charge in [0.1, 0.15) is 6.29 Å². The van der Waals surface area contributed by atoms with Gasteiger partial charge in [0, 0.05) is 0 Å². The summed E-state index contributed by atoms with van der Waals surface area (Å²) in [5.41, 5.74) is 2.20. The van der Waals surface area contributed by atoms with E-state index in [1.54, 1.807) is 0 Å². The Bertz CT molecular complexity index is 201. The van der Waals surface area contributed by atoms with E-state index in [1.807, 2.05) is 0 Å². The van der Waals surface area contributed by atoms with Crippen molar-refractivity contribution in [2.45, 2.75) is 26.2 Å². The predicted octanol–water partition coefficient (Wildman–Crippen LogP) is 2.49. The van der Waals surface area contributed by atoms with Gasteiger partial charge in [-0.3, -0.25) is 4.79 Å². The van der Waals surface area contributed by atoms with Gasteiger partial charge in [0.05, 0.1) is 0 Å². The Morgan fingerprint density at radius 1 is 1.82 bits per heavy atom. The number of carbonyl (C=O) groups excluding carboxylic acids is 1. The molecule has 1 atom stereocenters. The first-order valence-corrected chi connectivity index (χ1v) is 4.03. The normalized spacial score (nSPS) is 24.1. The summed E-state index contributed by atoms with van der Waals surface area (Å²) in [5, 5.41) is 0. The van der Waals surface area contributed by atoms with Gasteiger partial charge in [0.15, 0.2) is 0 Å². The van der Waals surface area contributed by atoms with Crippen LogP contribution >= 0.6 is 0 Å². The summed E-state index contributed by atoms with van der Waals surface area (Å²) in [6.45, 7) is 5.86. The molecule has 11 heavy (non-hydrogen) atoms. The summed E-state index contributed by atoms with van der Waals surface area (Å²) in [7, 11) is 0. The van der Waals surface area contributed by atoms with Crippen LogP contribution in [0.5, 0.6) is 0 Å². The molecule has 0 heterocycles. The van der Waals surface area contributed by atoms with Crippen molar-refractivity contribution in [3.8, 4) is 0 Å². The number of allylic oxidation sites excluding steroid dienone is 3. The van der Waals surface area contributed by atoms with Gasteiger partial charge in [-0.25, -0.2) is 0 Å². The van der Waals surface area contributed by atoms with Crippen molar-refractivity contribution in [3.63, 3.8) is 0 Å². The highest BCUT2D eigenvalue weighted by atomic mass is 16.1. The lowest BCUT2D eigenvalue weighted by Crippen LogP contribution is -2.07. The van der Waals surface area contributed by atoms with Gasteiger partial charge >= 0.3 is 0 Å². The Balaban J connectivity index is 2.53. The van der Waals surface area contributed by atoms with Gasteiger partial charge in [-0.05, 0) is 37.7 Å². The Morgan fingerprint density at radius 2 is 2.55 bits per heavy atom. The molecule has 1 aliphatic rings. The molecule has 1 aliphatic carbocycles. The van der Waals surface area contributed by atoms with Crippen LogP contribution in [0.4, 0.5) is 0 Å². The van der Waals surface area contributed by atoms with Crippen molar-refractivity contribution in [3.05, 3.63) is 23.8 Å². The predicted molar refractivity (Wildman–Crippen MR) is 46.3 cm³/mol. The quantitative estimate of drug-likeness (QED) is 0.336. The standard InChI is InChI=1S/C10H14O/c1-8-3-5-10(6-4-8)9(2)7-11/h3,7,10H,2,4-6H2,1H3/t10-/m1/s1. The molecule has 0 aromatic heterocycles. The van der Waals surface area contributed by atoms with Crippen LogP contribution in [0.25, 0.3) is 0 Å². The summed E-state index contributed by atoms with van der Waals surface area (Å²) in [5.74, 6) is 0.413. The number of hydrogen-bond donors (Lipinski definition) is 0. The van der Waals surface area contributed by atoms with Crippen molar-refractivity contribution in [1.29, 1.82) is 0 Å². The molecule has 0 fully saturated rings. The molecule has 60 valence electrons. The van der Waals surface area contributed by atoms with Crippen molar-refractivity contribution >= 4 is 6.29 Å². The Morgan fingerprint density at radius 3 is 3.00 bits per heavy atom. The van der Waals surface area contributed by atoms with Crippen LogP contribution in [0, 0.1) is 5.92 Å². The first-order valence-electron chi connectivity index (χ1n) is 4.03. The van der Waals surface area contributed by atoms with Crippen LogP contribution in [0.2, 0.25) is 0 Å². The Labute approximate surface area is 67.8 Å². The zero-order valence-electron chi connectivity index (χ0n) is 6.97. The highest BCUT2D eigenvalue weighted by molar-refractivity contribution is 5.72.